The van der Waals surface area contributed by atoms with Crippen LogP contribution in [0.4, 0.5) is 0 Å². The Morgan fingerprint density at radius 3 is 2.00 bits per heavy atom. The number of rotatable bonds is 14. The summed E-state index contributed by atoms with van der Waals surface area (Å²) < 4.78 is 22.4. The smallest absolute Gasteiger partial charge is 0.307 e. The van der Waals surface area contributed by atoms with Crippen molar-refractivity contribution in [1.29, 1.82) is 0 Å². The SMILES string of the molecule is COc1cc(C(=O)N(CCCc2ccccc2)Cc2ccc(Oc3ccccc3CC(=O)O)cc2)cc(OC)c1OC. The highest BCUT2D eigenvalue weighted by atomic mass is 16.5. The highest BCUT2D eigenvalue weighted by Crippen LogP contribution is 2.38. The van der Waals surface area contributed by atoms with Crippen LogP contribution in [0.25, 0.3) is 0 Å². The van der Waals surface area contributed by atoms with Crippen molar-refractivity contribution in [3.63, 3.8) is 0 Å². The maximum Gasteiger partial charge on any atom is 0.307 e. The fourth-order valence-corrected chi connectivity index (χ4v) is 4.68. The molecule has 0 saturated carbocycles. The van der Waals surface area contributed by atoms with E-state index >= 15 is 0 Å². The molecule has 4 aromatic carbocycles. The molecule has 0 saturated heterocycles. The Hall–Kier alpha value is -4.98. The van der Waals surface area contributed by atoms with Gasteiger partial charge in [0.25, 0.3) is 5.91 Å². The predicted octanol–water partition coefficient (Wildman–Crippen LogP) is 6.41. The summed E-state index contributed by atoms with van der Waals surface area (Å²) in [6.45, 7) is 0.908. The summed E-state index contributed by atoms with van der Waals surface area (Å²) in [5.41, 5.74) is 3.15. The molecular formula is C34H35NO7. The van der Waals surface area contributed by atoms with Crippen LogP contribution >= 0.6 is 0 Å². The maximum atomic E-state index is 13.9. The number of carboxylic acids is 1. The molecule has 8 nitrogen and oxygen atoms in total. The van der Waals surface area contributed by atoms with E-state index in [1.165, 1.54) is 26.9 Å². The lowest BCUT2D eigenvalue weighted by Gasteiger charge is -2.24. The molecule has 0 atom stereocenters. The lowest BCUT2D eigenvalue weighted by molar-refractivity contribution is -0.136. The van der Waals surface area contributed by atoms with Crippen molar-refractivity contribution in [3.8, 4) is 28.7 Å². The molecule has 8 heteroatoms. The lowest BCUT2D eigenvalue weighted by Crippen LogP contribution is -2.32. The Morgan fingerprint density at radius 2 is 1.38 bits per heavy atom. The molecule has 4 rings (SSSR count). The molecule has 0 spiro atoms. The Kier molecular flexibility index (Phi) is 10.4. The molecular weight excluding hydrogens is 534 g/mol. The first kappa shape index (κ1) is 30.0. The van der Waals surface area contributed by atoms with Gasteiger partial charge in [0.2, 0.25) is 5.75 Å². The zero-order chi connectivity index (χ0) is 29.9. The van der Waals surface area contributed by atoms with Gasteiger partial charge in [0.15, 0.2) is 11.5 Å². The molecule has 0 aliphatic carbocycles. The van der Waals surface area contributed by atoms with Gasteiger partial charge in [-0.25, -0.2) is 0 Å². The van der Waals surface area contributed by atoms with Crippen LogP contribution in [0.1, 0.15) is 33.5 Å². The topological polar surface area (TPSA) is 94.5 Å². The molecule has 0 heterocycles. The quantitative estimate of drug-likeness (QED) is 0.188. The number of aryl methyl sites for hydroxylation is 1. The van der Waals surface area contributed by atoms with E-state index in [0.717, 1.165) is 18.4 Å². The normalized spacial score (nSPS) is 10.5. The van der Waals surface area contributed by atoms with Crippen molar-refractivity contribution < 1.29 is 33.6 Å². The molecule has 0 aliphatic heterocycles. The van der Waals surface area contributed by atoms with Crippen molar-refractivity contribution >= 4 is 11.9 Å². The van der Waals surface area contributed by atoms with Gasteiger partial charge in [-0.15, -0.1) is 0 Å². The van der Waals surface area contributed by atoms with Crippen molar-refractivity contribution in [2.45, 2.75) is 25.8 Å². The summed E-state index contributed by atoms with van der Waals surface area (Å²) in [5.74, 6) is 1.22. The van der Waals surface area contributed by atoms with Crippen LogP contribution in [0, 0.1) is 0 Å². The third kappa shape index (κ3) is 7.81. The number of carbonyl (C=O) groups excluding carboxylic acids is 1. The largest absolute Gasteiger partial charge is 0.493 e. The first-order valence-electron chi connectivity index (χ1n) is 13.6. The van der Waals surface area contributed by atoms with Crippen LogP contribution < -0.4 is 18.9 Å². The third-order valence-corrected chi connectivity index (χ3v) is 6.77. The van der Waals surface area contributed by atoms with Crippen LogP contribution in [0.15, 0.2) is 91.0 Å². The number of amides is 1. The third-order valence-electron chi connectivity index (χ3n) is 6.77. The Morgan fingerprint density at radius 1 is 0.738 bits per heavy atom. The van der Waals surface area contributed by atoms with Gasteiger partial charge in [-0.1, -0.05) is 60.7 Å². The predicted molar refractivity (Wildman–Crippen MR) is 160 cm³/mol. The number of aliphatic carboxylic acids is 1. The van der Waals surface area contributed by atoms with Gasteiger partial charge in [0, 0.05) is 24.2 Å². The molecule has 0 aromatic heterocycles. The van der Waals surface area contributed by atoms with Crippen LogP contribution in [-0.2, 0) is 24.2 Å². The van der Waals surface area contributed by atoms with Crippen molar-refractivity contribution in [2.24, 2.45) is 0 Å². The Bertz CT molecular complexity index is 1460. The Labute approximate surface area is 246 Å². The van der Waals surface area contributed by atoms with Crippen molar-refractivity contribution in [3.05, 3.63) is 113 Å². The summed E-state index contributed by atoms with van der Waals surface area (Å²) >= 11 is 0. The van der Waals surface area contributed by atoms with Gasteiger partial charge in [-0.2, -0.15) is 0 Å². The fraction of sp³-hybridized carbons (Fsp3) is 0.235. The van der Waals surface area contributed by atoms with E-state index in [-0.39, 0.29) is 12.3 Å². The van der Waals surface area contributed by atoms with Crippen molar-refractivity contribution in [1.82, 2.24) is 4.90 Å². The molecule has 1 amide bonds. The number of hydrogen-bond acceptors (Lipinski definition) is 6. The molecule has 4 aromatic rings. The number of methoxy groups -OCH3 is 3. The monoisotopic (exact) mass is 569 g/mol. The number of carbonyl (C=O) groups is 2. The summed E-state index contributed by atoms with van der Waals surface area (Å²) in [7, 11) is 4.57. The molecule has 0 aliphatic rings. The average Bonchev–Trinajstić information content (AvgIpc) is 3.01. The zero-order valence-electron chi connectivity index (χ0n) is 24.0. The molecule has 0 radical (unpaired) electrons. The molecule has 1 N–H and O–H groups in total. The number of carboxylic acid groups (broad SMARTS) is 1. The molecule has 0 unspecified atom stereocenters. The Balaban J connectivity index is 1.55. The highest BCUT2D eigenvalue weighted by Gasteiger charge is 2.22. The minimum Gasteiger partial charge on any atom is -0.493 e. The number of benzene rings is 4. The van der Waals surface area contributed by atoms with Crippen LogP contribution in [-0.4, -0.2) is 49.8 Å². The van der Waals surface area contributed by atoms with Crippen LogP contribution in [0.5, 0.6) is 28.7 Å². The lowest BCUT2D eigenvalue weighted by atomic mass is 10.1. The van der Waals surface area contributed by atoms with Gasteiger partial charge < -0.3 is 29.0 Å². The summed E-state index contributed by atoms with van der Waals surface area (Å²) in [4.78, 5) is 26.9. The van der Waals surface area contributed by atoms with Gasteiger partial charge in [-0.05, 0) is 54.3 Å². The van der Waals surface area contributed by atoms with E-state index in [0.29, 0.717) is 53.0 Å². The van der Waals surface area contributed by atoms with Gasteiger partial charge in [0.1, 0.15) is 11.5 Å². The van der Waals surface area contributed by atoms with Gasteiger partial charge >= 0.3 is 5.97 Å². The summed E-state index contributed by atoms with van der Waals surface area (Å²) in [5, 5.41) is 9.21. The summed E-state index contributed by atoms with van der Waals surface area (Å²) in [6, 6.07) is 28.0. The second-order valence-electron chi connectivity index (χ2n) is 9.65. The first-order valence-corrected chi connectivity index (χ1v) is 13.6. The van der Waals surface area contributed by atoms with E-state index in [1.54, 1.807) is 36.4 Å². The minimum atomic E-state index is -0.925. The maximum absolute atomic E-state index is 13.9. The fourth-order valence-electron chi connectivity index (χ4n) is 4.68. The van der Waals surface area contributed by atoms with Crippen LogP contribution in [0.2, 0.25) is 0 Å². The zero-order valence-corrected chi connectivity index (χ0v) is 24.0. The first-order chi connectivity index (χ1) is 20.4. The second kappa shape index (κ2) is 14.6. The number of ether oxygens (including phenoxy) is 4. The number of nitrogens with zero attached hydrogens (tertiary/aromatic N) is 1. The number of para-hydroxylation sites is 1. The standard InChI is InChI=1S/C34H35NO7/c1-39-30-20-27(21-31(40-2)33(30)41-3)34(38)35(19-9-12-24-10-5-4-6-11-24)23-25-15-17-28(18-16-25)42-29-14-8-7-13-26(29)22-32(36)37/h4-8,10-11,13-18,20-21H,9,12,19,22-23H2,1-3H3,(H,36,37). The summed E-state index contributed by atoms with van der Waals surface area (Å²) in [6.07, 6.45) is 1.49. The second-order valence-corrected chi connectivity index (χ2v) is 9.65. The highest BCUT2D eigenvalue weighted by molar-refractivity contribution is 5.95. The number of hydrogen-bond donors (Lipinski definition) is 1. The molecule has 42 heavy (non-hydrogen) atoms. The van der Waals surface area contributed by atoms with Crippen molar-refractivity contribution in [2.75, 3.05) is 27.9 Å². The molecule has 0 fully saturated rings. The van der Waals surface area contributed by atoms with E-state index in [2.05, 4.69) is 12.1 Å². The average molecular weight is 570 g/mol. The van der Waals surface area contributed by atoms with E-state index in [9.17, 15) is 14.7 Å². The van der Waals surface area contributed by atoms with E-state index < -0.39 is 5.97 Å². The van der Waals surface area contributed by atoms with Gasteiger partial charge in [0.05, 0.1) is 27.8 Å². The van der Waals surface area contributed by atoms with E-state index in [1.807, 2.05) is 47.4 Å². The molecule has 218 valence electrons. The van der Waals surface area contributed by atoms with Gasteiger partial charge in [-0.3, -0.25) is 9.59 Å². The minimum absolute atomic E-state index is 0.130. The van der Waals surface area contributed by atoms with Crippen LogP contribution in [0.3, 0.4) is 0 Å². The molecule has 0 bridgehead atoms. The van der Waals surface area contributed by atoms with E-state index in [4.69, 9.17) is 18.9 Å².